The van der Waals surface area contributed by atoms with Crippen LogP contribution in [0.3, 0.4) is 0 Å². The molecule has 33 heavy (non-hydrogen) atoms. The van der Waals surface area contributed by atoms with Crippen molar-refractivity contribution in [1.82, 2.24) is 5.32 Å². The van der Waals surface area contributed by atoms with Crippen LogP contribution in [0.15, 0.2) is 46.8 Å². The summed E-state index contributed by atoms with van der Waals surface area (Å²) in [6.45, 7) is 6.05. The molecule has 1 N–H and O–H groups in total. The van der Waals surface area contributed by atoms with E-state index in [2.05, 4.69) is 19.2 Å². The molecule has 0 radical (unpaired) electrons. The Labute approximate surface area is 195 Å². The topological polar surface area (TPSA) is 81.7 Å². The van der Waals surface area contributed by atoms with Gasteiger partial charge in [-0.2, -0.15) is 0 Å². The van der Waals surface area contributed by atoms with Gasteiger partial charge in [0, 0.05) is 29.3 Å². The second kappa shape index (κ2) is 9.16. The van der Waals surface area contributed by atoms with Crippen LogP contribution in [0.5, 0.6) is 0 Å². The fourth-order valence-electron chi connectivity index (χ4n) is 5.37. The lowest BCUT2D eigenvalue weighted by Gasteiger charge is -2.39. The zero-order valence-electron chi connectivity index (χ0n) is 20.0. The minimum Gasteiger partial charge on any atom is -0.465 e. The summed E-state index contributed by atoms with van der Waals surface area (Å²) in [5, 5.41) is 3.37. The van der Waals surface area contributed by atoms with Crippen LogP contribution >= 0.6 is 0 Å². The van der Waals surface area contributed by atoms with Gasteiger partial charge in [0.2, 0.25) is 0 Å². The molecule has 1 aromatic carbocycles. The van der Waals surface area contributed by atoms with Gasteiger partial charge < -0.3 is 14.8 Å². The van der Waals surface area contributed by atoms with Gasteiger partial charge >= 0.3 is 11.9 Å². The molecule has 0 aromatic heterocycles. The maximum Gasteiger partial charge on any atom is 0.337 e. The maximum atomic E-state index is 13.5. The quantitative estimate of drug-likeness (QED) is 0.652. The molecule has 1 atom stereocenters. The summed E-state index contributed by atoms with van der Waals surface area (Å²) in [6.07, 6.45) is 6.14. The number of carbonyl (C=O) groups excluding carboxylic acids is 3. The Morgan fingerprint density at radius 3 is 2.30 bits per heavy atom. The van der Waals surface area contributed by atoms with Crippen molar-refractivity contribution in [2.24, 2.45) is 5.41 Å². The SMILES string of the molecule is COC(=O)c1ccc(C2C(C(=O)OC3CCCCC3)=C(C)NC3=C2C(=O)CC(C)(C)C3)cc1. The summed E-state index contributed by atoms with van der Waals surface area (Å²) in [6, 6.07) is 6.97. The molecule has 1 fully saturated rings. The third-order valence-electron chi connectivity index (χ3n) is 6.95. The van der Waals surface area contributed by atoms with Crippen LogP contribution in [-0.2, 0) is 19.1 Å². The van der Waals surface area contributed by atoms with Gasteiger partial charge in [-0.15, -0.1) is 0 Å². The Morgan fingerprint density at radius 2 is 1.67 bits per heavy atom. The van der Waals surface area contributed by atoms with Gasteiger partial charge in [-0.05, 0) is 62.1 Å². The summed E-state index contributed by atoms with van der Waals surface area (Å²) in [5.41, 5.74) is 3.79. The normalized spacial score (nSPS) is 23.0. The van der Waals surface area contributed by atoms with E-state index in [1.807, 2.05) is 6.92 Å². The molecule has 1 aromatic rings. The third kappa shape index (κ3) is 4.75. The van der Waals surface area contributed by atoms with Crippen molar-refractivity contribution in [1.29, 1.82) is 0 Å². The number of nitrogens with one attached hydrogen (secondary N) is 1. The van der Waals surface area contributed by atoms with E-state index in [1.54, 1.807) is 24.3 Å². The molecule has 1 saturated carbocycles. The molecular formula is C27H33NO5. The van der Waals surface area contributed by atoms with Crippen LogP contribution < -0.4 is 5.32 Å². The van der Waals surface area contributed by atoms with E-state index in [1.165, 1.54) is 13.5 Å². The van der Waals surface area contributed by atoms with Crippen molar-refractivity contribution >= 4 is 17.7 Å². The second-order valence-electron chi connectivity index (χ2n) is 10.2. The summed E-state index contributed by atoms with van der Waals surface area (Å²) in [7, 11) is 1.34. The highest BCUT2D eigenvalue weighted by atomic mass is 16.5. The number of allylic oxidation sites excluding steroid dienone is 3. The number of methoxy groups -OCH3 is 1. The summed E-state index contributed by atoms with van der Waals surface area (Å²) in [4.78, 5) is 38.7. The van der Waals surface area contributed by atoms with Crippen molar-refractivity contribution < 1.29 is 23.9 Å². The molecule has 4 rings (SSSR count). The Balaban J connectivity index is 1.75. The number of benzene rings is 1. The monoisotopic (exact) mass is 451 g/mol. The Kier molecular flexibility index (Phi) is 6.46. The van der Waals surface area contributed by atoms with Crippen LogP contribution in [0.4, 0.5) is 0 Å². The van der Waals surface area contributed by atoms with Crippen LogP contribution in [0.25, 0.3) is 0 Å². The highest BCUT2D eigenvalue weighted by molar-refractivity contribution is 6.04. The zero-order chi connectivity index (χ0) is 23.8. The van der Waals surface area contributed by atoms with E-state index in [-0.39, 0.29) is 23.3 Å². The molecular weight excluding hydrogens is 418 g/mol. The van der Waals surface area contributed by atoms with Crippen molar-refractivity contribution in [3.05, 3.63) is 57.9 Å². The number of hydrogen-bond donors (Lipinski definition) is 1. The number of hydrogen-bond acceptors (Lipinski definition) is 6. The third-order valence-corrected chi connectivity index (χ3v) is 6.95. The second-order valence-corrected chi connectivity index (χ2v) is 10.2. The predicted molar refractivity (Wildman–Crippen MR) is 124 cm³/mol. The van der Waals surface area contributed by atoms with Gasteiger partial charge in [0.05, 0.1) is 18.2 Å². The van der Waals surface area contributed by atoms with Crippen LogP contribution in [0, 0.1) is 5.41 Å². The summed E-state index contributed by atoms with van der Waals surface area (Å²) >= 11 is 0. The lowest BCUT2D eigenvalue weighted by molar-refractivity contribution is -0.146. The zero-order valence-corrected chi connectivity index (χ0v) is 20.0. The van der Waals surface area contributed by atoms with E-state index in [4.69, 9.17) is 9.47 Å². The number of dihydropyridines is 1. The molecule has 1 unspecified atom stereocenters. The number of Topliss-reactive ketones (excluding diaryl/α,β-unsaturated/α-hetero) is 1. The van der Waals surface area contributed by atoms with Gasteiger partial charge in [-0.1, -0.05) is 32.4 Å². The minimum absolute atomic E-state index is 0.0475. The summed E-state index contributed by atoms with van der Waals surface area (Å²) in [5.74, 6) is -1.26. The molecule has 3 aliphatic rings. The van der Waals surface area contributed by atoms with E-state index < -0.39 is 11.9 Å². The van der Waals surface area contributed by atoms with Crippen molar-refractivity contribution in [2.75, 3.05) is 7.11 Å². The molecule has 1 heterocycles. The van der Waals surface area contributed by atoms with Crippen LogP contribution in [0.1, 0.15) is 87.6 Å². The standard InChI is InChI=1S/C27H33NO5/c1-16-22(26(31)33-19-8-6-5-7-9-19)23(17-10-12-18(13-11-17)25(30)32-4)24-20(28-16)14-27(2,3)15-21(24)29/h10-13,19,23,28H,5-9,14-15H2,1-4H3. The molecule has 6 nitrogen and oxygen atoms in total. The van der Waals surface area contributed by atoms with Crippen LogP contribution in [0.2, 0.25) is 0 Å². The Morgan fingerprint density at radius 1 is 1.00 bits per heavy atom. The average Bonchev–Trinajstić information content (AvgIpc) is 2.77. The number of ether oxygens (including phenoxy) is 2. The molecule has 176 valence electrons. The van der Waals surface area contributed by atoms with Crippen LogP contribution in [-0.4, -0.2) is 30.9 Å². The smallest absolute Gasteiger partial charge is 0.337 e. The molecule has 1 aliphatic heterocycles. The fourth-order valence-corrected chi connectivity index (χ4v) is 5.37. The summed E-state index contributed by atoms with van der Waals surface area (Å²) < 4.78 is 10.8. The number of esters is 2. The number of rotatable bonds is 4. The first-order chi connectivity index (χ1) is 15.7. The highest BCUT2D eigenvalue weighted by Gasteiger charge is 2.43. The predicted octanol–water partition coefficient (Wildman–Crippen LogP) is 4.95. The average molecular weight is 452 g/mol. The molecule has 0 amide bonds. The van der Waals surface area contributed by atoms with E-state index in [0.29, 0.717) is 23.1 Å². The molecule has 2 aliphatic carbocycles. The van der Waals surface area contributed by atoms with E-state index in [9.17, 15) is 14.4 Å². The lowest BCUT2D eigenvalue weighted by atomic mass is 9.68. The molecule has 0 spiro atoms. The minimum atomic E-state index is -0.521. The Hall–Kier alpha value is -2.89. The number of carbonyl (C=O) groups is 3. The fraction of sp³-hybridized carbons (Fsp3) is 0.519. The van der Waals surface area contributed by atoms with Crippen molar-refractivity contribution in [3.63, 3.8) is 0 Å². The molecule has 0 saturated heterocycles. The van der Waals surface area contributed by atoms with Gasteiger partial charge in [-0.25, -0.2) is 9.59 Å². The largest absolute Gasteiger partial charge is 0.465 e. The highest BCUT2D eigenvalue weighted by Crippen LogP contribution is 2.47. The first-order valence-corrected chi connectivity index (χ1v) is 11.8. The van der Waals surface area contributed by atoms with Crippen molar-refractivity contribution in [2.45, 2.75) is 77.7 Å². The van der Waals surface area contributed by atoms with Gasteiger partial charge in [0.25, 0.3) is 0 Å². The van der Waals surface area contributed by atoms with Gasteiger partial charge in [-0.3, -0.25) is 4.79 Å². The lowest BCUT2D eigenvalue weighted by Crippen LogP contribution is -2.39. The Bertz CT molecular complexity index is 1030. The van der Waals surface area contributed by atoms with Crippen molar-refractivity contribution in [3.8, 4) is 0 Å². The van der Waals surface area contributed by atoms with E-state index >= 15 is 0 Å². The molecule has 6 heteroatoms. The van der Waals surface area contributed by atoms with E-state index in [0.717, 1.165) is 49.1 Å². The number of ketones is 1. The first kappa shape index (κ1) is 23.3. The molecule has 0 bridgehead atoms. The van der Waals surface area contributed by atoms with Gasteiger partial charge in [0.1, 0.15) is 6.10 Å². The first-order valence-electron chi connectivity index (χ1n) is 11.8. The maximum absolute atomic E-state index is 13.5. The van der Waals surface area contributed by atoms with Gasteiger partial charge in [0.15, 0.2) is 5.78 Å².